The molecule has 0 unspecified atom stereocenters. The molecule has 2 aromatic rings. The number of carbonyl (C=O) groups excluding carboxylic acids is 1. The Kier molecular flexibility index (Phi) is 8.10. The number of carbonyl (C=O) groups is 1. The van der Waals surface area contributed by atoms with Crippen molar-refractivity contribution < 1.29 is 4.79 Å². The Morgan fingerprint density at radius 3 is 2.86 bits per heavy atom. The number of aromatic nitrogens is 2. The van der Waals surface area contributed by atoms with Crippen LogP contribution in [0.1, 0.15) is 44.6 Å². The van der Waals surface area contributed by atoms with Gasteiger partial charge in [-0.1, -0.05) is 24.6 Å². The first kappa shape index (κ1) is 20.9. The molecule has 1 aliphatic heterocycles. The van der Waals surface area contributed by atoms with E-state index < -0.39 is 0 Å². The van der Waals surface area contributed by atoms with Crippen molar-refractivity contribution in [2.45, 2.75) is 45.6 Å². The van der Waals surface area contributed by atoms with E-state index in [-0.39, 0.29) is 0 Å². The highest BCUT2D eigenvalue weighted by atomic mass is 16.2. The van der Waals surface area contributed by atoms with E-state index in [1.165, 1.54) is 6.42 Å². The summed E-state index contributed by atoms with van der Waals surface area (Å²) in [5, 5.41) is 11.1. The molecule has 156 valence electrons. The molecular weight excluding hydrogens is 364 g/mol. The van der Waals surface area contributed by atoms with Crippen molar-refractivity contribution in [1.82, 2.24) is 25.3 Å². The number of hydrogen-bond donors (Lipinski definition) is 2. The van der Waals surface area contributed by atoms with Gasteiger partial charge in [0.15, 0.2) is 5.96 Å². The van der Waals surface area contributed by atoms with E-state index in [0.717, 1.165) is 62.7 Å². The summed E-state index contributed by atoms with van der Waals surface area (Å²) in [5.74, 6) is 1.10. The second-order valence-electron chi connectivity index (χ2n) is 7.30. The van der Waals surface area contributed by atoms with Crippen LogP contribution in [-0.4, -0.2) is 52.7 Å². The van der Waals surface area contributed by atoms with Gasteiger partial charge >= 0.3 is 0 Å². The highest BCUT2D eigenvalue weighted by molar-refractivity contribution is 5.79. The maximum atomic E-state index is 12.1. The summed E-state index contributed by atoms with van der Waals surface area (Å²) in [5.41, 5.74) is 2.09. The van der Waals surface area contributed by atoms with Crippen LogP contribution in [-0.2, 0) is 11.3 Å². The monoisotopic (exact) mass is 396 g/mol. The minimum atomic E-state index is 0.304. The van der Waals surface area contributed by atoms with E-state index in [0.29, 0.717) is 18.9 Å². The molecule has 2 heterocycles. The van der Waals surface area contributed by atoms with Crippen molar-refractivity contribution in [3.8, 4) is 5.69 Å². The molecule has 0 radical (unpaired) electrons. The van der Waals surface area contributed by atoms with Crippen LogP contribution in [0, 0.1) is 0 Å². The first-order chi connectivity index (χ1) is 14.3. The number of amides is 1. The fourth-order valence-corrected chi connectivity index (χ4v) is 3.43. The standard InChI is InChI=1S/C22H32N6O/c1-2-23-22(24-13-9-15-27-14-8-4-7-12-21(27)29)25-16-19-17-26-28(18-19)20-10-5-3-6-11-20/h3,5-6,10-11,17-18H,2,4,7-9,12-16H2,1H3,(H2,23,24,25). The SMILES string of the molecule is CCNC(=NCc1cnn(-c2ccccc2)c1)NCCCN1CCCCCC1=O. The van der Waals surface area contributed by atoms with Crippen LogP contribution in [0.2, 0.25) is 0 Å². The van der Waals surface area contributed by atoms with Crippen molar-refractivity contribution >= 4 is 11.9 Å². The second kappa shape index (κ2) is 11.2. The molecule has 0 bridgehead atoms. The van der Waals surface area contributed by atoms with Crippen molar-refractivity contribution in [2.75, 3.05) is 26.2 Å². The zero-order valence-electron chi connectivity index (χ0n) is 17.3. The summed E-state index contributed by atoms with van der Waals surface area (Å²) < 4.78 is 1.86. The smallest absolute Gasteiger partial charge is 0.222 e. The predicted octanol–water partition coefficient (Wildman–Crippen LogP) is 2.72. The number of rotatable bonds is 8. The molecule has 1 aliphatic rings. The van der Waals surface area contributed by atoms with Gasteiger partial charge in [-0.05, 0) is 38.3 Å². The van der Waals surface area contributed by atoms with Gasteiger partial charge in [0.25, 0.3) is 0 Å². The minimum Gasteiger partial charge on any atom is -0.357 e. The van der Waals surface area contributed by atoms with Crippen molar-refractivity contribution in [3.05, 3.63) is 48.3 Å². The van der Waals surface area contributed by atoms with Crippen LogP contribution < -0.4 is 10.6 Å². The van der Waals surface area contributed by atoms with E-state index in [1.54, 1.807) is 0 Å². The fraction of sp³-hybridized carbons (Fsp3) is 0.500. The Bertz CT molecular complexity index is 786. The molecule has 1 aromatic heterocycles. The number of nitrogens with zero attached hydrogens (tertiary/aromatic N) is 4. The molecule has 0 aliphatic carbocycles. The lowest BCUT2D eigenvalue weighted by molar-refractivity contribution is -0.130. The molecule has 0 atom stereocenters. The summed E-state index contributed by atoms with van der Waals surface area (Å²) in [6, 6.07) is 10.1. The number of benzene rings is 1. The summed E-state index contributed by atoms with van der Waals surface area (Å²) in [7, 11) is 0. The van der Waals surface area contributed by atoms with Crippen molar-refractivity contribution in [1.29, 1.82) is 0 Å². The third-order valence-corrected chi connectivity index (χ3v) is 4.99. The summed E-state index contributed by atoms with van der Waals surface area (Å²) in [4.78, 5) is 18.7. The Balaban J connectivity index is 1.47. The van der Waals surface area contributed by atoms with Gasteiger partial charge in [0, 0.05) is 44.4 Å². The van der Waals surface area contributed by atoms with E-state index in [9.17, 15) is 4.79 Å². The second-order valence-corrected chi connectivity index (χ2v) is 7.30. The number of nitrogens with one attached hydrogen (secondary N) is 2. The largest absolute Gasteiger partial charge is 0.357 e. The molecule has 3 rings (SSSR count). The van der Waals surface area contributed by atoms with E-state index in [2.05, 4.69) is 27.6 Å². The molecule has 1 fully saturated rings. The lowest BCUT2D eigenvalue weighted by atomic mass is 10.2. The van der Waals surface area contributed by atoms with Crippen LogP contribution in [0.25, 0.3) is 5.69 Å². The minimum absolute atomic E-state index is 0.304. The lowest BCUT2D eigenvalue weighted by Crippen LogP contribution is -2.39. The van der Waals surface area contributed by atoms with Crippen LogP contribution >= 0.6 is 0 Å². The van der Waals surface area contributed by atoms with E-state index in [4.69, 9.17) is 0 Å². The van der Waals surface area contributed by atoms with Crippen LogP contribution in [0.3, 0.4) is 0 Å². The van der Waals surface area contributed by atoms with E-state index >= 15 is 0 Å². The maximum absolute atomic E-state index is 12.1. The van der Waals surface area contributed by atoms with Gasteiger partial charge < -0.3 is 15.5 Å². The molecule has 7 nitrogen and oxygen atoms in total. The highest BCUT2D eigenvalue weighted by Gasteiger charge is 2.15. The third kappa shape index (κ3) is 6.62. The van der Waals surface area contributed by atoms with Gasteiger partial charge in [0.05, 0.1) is 18.4 Å². The van der Waals surface area contributed by atoms with Crippen LogP contribution in [0.4, 0.5) is 0 Å². The normalized spacial score (nSPS) is 15.3. The topological polar surface area (TPSA) is 74.6 Å². The quantitative estimate of drug-likeness (QED) is 0.409. The number of para-hydroxylation sites is 1. The summed E-state index contributed by atoms with van der Waals surface area (Å²) >= 11 is 0. The molecular formula is C22H32N6O. The van der Waals surface area contributed by atoms with Gasteiger partial charge in [-0.25, -0.2) is 9.67 Å². The highest BCUT2D eigenvalue weighted by Crippen LogP contribution is 2.11. The molecule has 1 aromatic carbocycles. The maximum Gasteiger partial charge on any atom is 0.222 e. The first-order valence-corrected chi connectivity index (χ1v) is 10.6. The Morgan fingerprint density at radius 2 is 2.03 bits per heavy atom. The zero-order chi connectivity index (χ0) is 20.3. The third-order valence-electron chi connectivity index (χ3n) is 4.99. The average molecular weight is 397 g/mol. The molecule has 1 saturated heterocycles. The number of likely N-dealkylation sites (tertiary alicyclic amines) is 1. The zero-order valence-corrected chi connectivity index (χ0v) is 17.3. The Morgan fingerprint density at radius 1 is 1.17 bits per heavy atom. The number of hydrogen-bond acceptors (Lipinski definition) is 3. The molecule has 2 N–H and O–H groups in total. The Hall–Kier alpha value is -2.83. The van der Waals surface area contributed by atoms with Crippen molar-refractivity contribution in [3.63, 3.8) is 0 Å². The molecule has 29 heavy (non-hydrogen) atoms. The number of aliphatic imine (C=N–C) groups is 1. The van der Waals surface area contributed by atoms with Gasteiger partial charge in [-0.2, -0.15) is 5.10 Å². The van der Waals surface area contributed by atoms with E-state index in [1.807, 2.05) is 52.3 Å². The first-order valence-electron chi connectivity index (χ1n) is 10.6. The van der Waals surface area contributed by atoms with Gasteiger partial charge in [-0.3, -0.25) is 4.79 Å². The molecule has 7 heteroatoms. The van der Waals surface area contributed by atoms with Crippen LogP contribution in [0.5, 0.6) is 0 Å². The summed E-state index contributed by atoms with van der Waals surface area (Å²) in [6.45, 7) is 5.93. The van der Waals surface area contributed by atoms with Crippen molar-refractivity contribution in [2.24, 2.45) is 4.99 Å². The lowest BCUT2D eigenvalue weighted by Gasteiger charge is -2.20. The summed E-state index contributed by atoms with van der Waals surface area (Å²) in [6.07, 6.45) is 8.80. The molecule has 0 saturated carbocycles. The predicted molar refractivity (Wildman–Crippen MR) is 116 cm³/mol. The van der Waals surface area contributed by atoms with Gasteiger partial charge in [-0.15, -0.1) is 0 Å². The fourth-order valence-electron chi connectivity index (χ4n) is 3.43. The Labute approximate surface area is 173 Å². The molecule has 1 amide bonds. The van der Waals surface area contributed by atoms with Crippen LogP contribution in [0.15, 0.2) is 47.7 Å². The van der Waals surface area contributed by atoms with Gasteiger partial charge in [0.2, 0.25) is 5.91 Å². The number of guanidine groups is 1. The van der Waals surface area contributed by atoms with Gasteiger partial charge in [0.1, 0.15) is 0 Å². The average Bonchev–Trinajstić information content (AvgIpc) is 3.13. The molecule has 0 spiro atoms.